The van der Waals surface area contributed by atoms with E-state index in [2.05, 4.69) is 117 Å². The van der Waals surface area contributed by atoms with Gasteiger partial charge in [-0.25, -0.2) is 0 Å². The van der Waals surface area contributed by atoms with E-state index in [9.17, 15) is 0 Å². The van der Waals surface area contributed by atoms with Crippen LogP contribution in [0.5, 0.6) is 0 Å². The Morgan fingerprint density at radius 3 is 1.68 bits per heavy atom. The van der Waals surface area contributed by atoms with Crippen LogP contribution in [0.3, 0.4) is 0 Å². The Hall–Kier alpha value is -2.87. The lowest BCUT2D eigenvalue weighted by molar-refractivity contribution is 0.270. The second-order valence-corrected chi connectivity index (χ2v) is 8.58. The van der Waals surface area contributed by atoms with Crippen molar-refractivity contribution in [1.82, 2.24) is 4.90 Å². The normalized spacial score (nSPS) is 17.1. The molecule has 142 valence electrons. The molecule has 0 saturated carbocycles. The van der Waals surface area contributed by atoms with E-state index in [4.69, 9.17) is 4.99 Å². The third kappa shape index (κ3) is 3.73. The van der Waals surface area contributed by atoms with Crippen LogP contribution >= 0.6 is 0 Å². The van der Waals surface area contributed by atoms with Crippen LogP contribution in [-0.4, -0.2) is 23.3 Å². The molecule has 3 aromatic rings. The summed E-state index contributed by atoms with van der Waals surface area (Å²) in [6, 6.07) is 32.6. The highest BCUT2D eigenvalue weighted by molar-refractivity contribution is 6.00. The molecular weight excluding hydrogens is 340 g/mol. The quantitative estimate of drug-likeness (QED) is 0.555. The van der Waals surface area contributed by atoms with Crippen molar-refractivity contribution in [2.24, 2.45) is 10.4 Å². The van der Waals surface area contributed by atoms with Crippen molar-refractivity contribution < 1.29 is 0 Å². The summed E-state index contributed by atoms with van der Waals surface area (Å²) in [7, 11) is 0. The van der Waals surface area contributed by atoms with Crippen LogP contribution < -0.4 is 0 Å². The van der Waals surface area contributed by atoms with E-state index in [1.807, 2.05) is 0 Å². The number of aliphatic imine (C=N–C) groups is 1. The number of benzene rings is 3. The Labute approximate surface area is 168 Å². The highest BCUT2D eigenvalue weighted by Crippen LogP contribution is 2.37. The first-order valence-electron chi connectivity index (χ1n) is 10.0. The lowest BCUT2D eigenvalue weighted by Gasteiger charge is -2.33. The second-order valence-electron chi connectivity index (χ2n) is 8.58. The Kier molecular flexibility index (Phi) is 5.04. The molecule has 2 heteroatoms. The molecule has 0 bridgehead atoms. The average Bonchev–Trinajstić information content (AvgIpc) is 3.16. The first kappa shape index (κ1) is 18.5. The zero-order valence-corrected chi connectivity index (χ0v) is 16.9. The zero-order chi connectivity index (χ0) is 19.6. The van der Waals surface area contributed by atoms with Crippen molar-refractivity contribution in [3.8, 4) is 0 Å². The number of hydrogen-bond donors (Lipinski definition) is 0. The average molecular weight is 369 g/mol. The van der Waals surface area contributed by atoms with Gasteiger partial charge in [0.2, 0.25) is 0 Å². The molecule has 0 spiro atoms. The van der Waals surface area contributed by atoms with Crippen LogP contribution in [0.15, 0.2) is 96.0 Å². The molecule has 4 rings (SSSR count). The summed E-state index contributed by atoms with van der Waals surface area (Å²) in [6.45, 7) is 7.77. The predicted molar refractivity (Wildman–Crippen MR) is 118 cm³/mol. The minimum absolute atomic E-state index is 0.118. The maximum atomic E-state index is 5.23. The lowest BCUT2D eigenvalue weighted by Crippen LogP contribution is -2.37. The molecule has 2 nitrogen and oxygen atoms in total. The van der Waals surface area contributed by atoms with E-state index in [0.717, 1.165) is 12.4 Å². The van der Waals surface area contributed by atoms with Gasteiger partial charge in [0.1, 0.15) is 5.84 Å². The summed E-state index contributed by atoms with van der Waals surface area (Å²) in [5.41, 5.74) is 3.90. The van der Waals surface area contributed by atoms with Crippen LogP contribution in [0.25, 0.3) is 0 Å². The summed E-state index contributed by atoms with van der Waals surface area (Å²) in [6.07, 6.45) is 0. The third-order valence-corrected chi connectivity index (χ3v) is 5.49. The van der Waals surface area contributed by atoms with Crippen LogP contribution in [0.4, 0.5) is 0 Å². The number of rotatable bonds is 4. The van der Waals surface area contributed by atoms with Gasteiger partial charge in [0.25, 0.3) is 0 Å². The van der Waals surface area contributed by atoms with Crippen molar-refractivity contribution >= 4 is 5.84 Å². The minimum atomic E-state index is 0.118. The van der Waals surface area contributed by atoms with Crippen LogP contribution in [0, 0.1) is 5.41 Å². The topological polar surface area (TPSA) is 15.6 Å². The number of amidine groups is 1. The molecule has 0 unspecified atom stereocenters. The van der Waals surface area contributed by atoms with Gasteiger partial charge in [-0.1, -0.05) is 112 Å². The molecular formula is C26H28N2. The van der Waals surface area contributed by atoms with Gasteiger partial charge in [0.15, 0.2) is 0 Å². The monoisotopic (exact) mass is 368 g/mol. The van der Waals surface area contributed by atoms with E-state index in [0.29, 0.717) is 0 Å². The summed E-state index contributed by atoms with van der Waals surface area (Å²) >= 11 is 0. The minimum Gasteiger partial charge on any atom is -0.343 e. The molecule has 28 heavy (non-hydrogen) atoms. The van der Waals surface area contributed by atoms with Gasteiger partial charge >= 0.3 is 0 Å². The number of hydrogen-bond acceptors (Lipinski definition) is 2. The third-order valence-electron chi connectivity index (χ3n) is 5.49. The molecule has 1 atom stereocenters. The molecule has 0 amide bonds. The molecule has 0 saturated heterocycles. The van der Waals surface area contributed by atoms with Crippen LogP contribution in [0.1, 0.15) is 43.5 Å². The Bertz CT molecular complexity index is 885. The van der Waals surface area contributed by atoms with Crippen molar-refractivity contribution in [3.63, 3.8) is 0 Å². The van der Waals surface area contributed by atoms with Crippen molar-refractivity contribution in [2.75, 3.05) is 6.54 Å². The summed E-state index contributed by atoms with van der Waals surface area (Å²) in [5, 5.41) is 0. The van der Waals surface area contributed by atoms with Crippen LogP contribution in [-0.2, 0) is 0 Å². The molecule has 0 N–H and O–H groups in total. The van der Waals surface area contributed by atoms with E-state index in [1.165, 1.54) is 16.7 Å². The fourth-order valence-corrected chi connectivity index (χ4v) is 3.88. The van der Waals surface area contributed by atoms with E-state index >= 15 is 0 Å². The number of nitrogens with zero attached hydrogens (tertiary/aromatic N) is 2. The highest BCUT2D eigenvalue weighted by atomic mass is 15.3. The summed E-state index contributed by atoms with van der Waals surface area (Å²) < 4.78 is 0. The maximum absolute atomic E-state index is 5.23. The standard InChI is InChI=1S/C26H28N2/c1-26(2,3)23-19-28(25(27-23)22-17-11-6-12-18-22)24(20-13-7-4-8-14-20)21-15-9-5-10-16-21/h4-18,23-24H,19H2,1-3H3/t23-/m1/s1. The van der Waals surface area contributed by atoms with Gasteiger partial charge in [0.05, 0.1) is 12.1 Å². The van der Waals surface area contributed by atoms with Crippen LogP contribution in [0.2, 0.25) is 0 Å². The van der Waals surface area contributed by atoms with E-state index in [-0.39, 0.29) is 17.5 Å². The van der Waals surface area contributed by atoms with Gasteiger partial charge < -0.3 is 4.90 Å². The van der Waals surface area contributed by atoms with E-state index < -0.39 is 0 Å². The van der Waals surface area contributed by atoms with Crippen molar-refractivity contribution in [2.45, 2.75) is 32.9 Å². The van der Waals surface area contributed by atoms with Gasteiger partial charge in [-0.3, -0.25) is 4.99 Å². The fourth-order valence-electron chi connectivity index (χ4n) is 3.88. The highest BCUT2D eigenvalue weighted by Gasteiger charge is 2.37. The molecule has 1 heterocycles. The molecule has 1 aliphatic rings. The first-order chi connectivity index (χ1) is 13.5. The first-order valence-corrected chi connectivity index (χ1v) is 10.0. The lowest BCUT2D eigenvalue weighted by atomic mass is 9.87. The molecule has 1 aliphatic heterocycles. The molecule has 0 fully saturated rings. The summed E-state index contributed by atoms with van der Waals surface area (Å²) in [5.74, 6) is 1.10. The molecule has 0 aromatic heterocycles. The molecule has 3 aromatic carbocycles. The van der Waals surface area contributed by atoms with E-state index in [1.54, 1.807) is 0 Å². The largest absolute Gasteiger partial charge is 0.343 e. The second kappa shape index (κ2) is 7.63. The summed E-state index contributed by atoms with van der Waals surface area (Å²) in [4.78, 5) is 7.72. The van der Waals surface area contributed by atoms with Gasteiger partial charge in [0, 0.05) is 12.1 Å². The maximum Gasteiger partial charge on any atom is 0.132 e. The predicted octanol–water partition coefficient (Wildman–Crippen LogP) is 5.95. The fraction of sp³-hybridized carbons (Fsp3) is 0.269. The van der Waals surface area contributed by atoms with Gasteiger partial charge in [-0.05, 0) is 16.5 Å². The molecule has 0 aliphatic carbocycles. The van der Waals surface area contributed by atoms with Gasteiger partial charge in [-0.2, -0.15) is 0 Å². The Morgan fingerprint density at radius 2 is 1.21 bits per heavy atom. The SMILES string of the molecule is CC(C)(C)[C@H]1CN(C(c2ccccc2)c2ccccc2)C(c2ccccc2)=N1. The zero-order valence-electron chi connectivity index (χ0n) is 16.9. The Morgan fingerprint density at radius 1 is 0.750 bits per heavy atom. The van der Waals surface area contributed by atoms with Gasteiger partial charge in [-0.15, -0.1) is 0 Å². The molecule has 0 radical (unpaired) electrons. The van der Waals surface area contributed by atoms with Crippen molar-refractivity contribution in [1.29, 1.82) is 0 Å². The smallest absolute Gasteiger partial charge is 0.132 e. The Balaban J connectivity index is 1.83. The van der Waals surface area contributed by atoms with Crippen molar-refractivity contribution in [3.05, 3.63) is 108 Å².